The Hall–Kier alpha value is -0.550. The lowest BCUT2D eigenvalue weighted by atomic mass is 9.91. The lowest BCUT2D eigenvalue weighted by Gasteiger charge is -2.42. The standard InChI is InChI=1S/C15H23NO2S/c1-15(12-17,16-7-9-18-10-8-16)11-13-3-5-14(19-2)6-4-13/h3-6,17H,7-12H2,1-2H3. The Labute approximate surface area is 120 Å². The van der Waals surface area contributed by atoms with Crippen molar-refractivity contribution in [2.24, 2.45) is 0 Å². The molecule has 1 atom stereocenters. The first-order valence-electron chi connectivity index (χ1n) is 6.74. The molecule has 0 bridgehead atoms. The van der Waals surface area contributed by atoms with E-state index in [9.17, 15) is 5.11 Å². The minimum atomic E-state index is -0.190. The highest BCUT2D eigenvalue weighted by atomic mass is 32.2. The monoisotopic (exact) mass is 281 g/mol. The minimum absolute atomic E-state index is 0.178. The molecule has 1 aliphatic heterocycles. The van der Waals surface area contributed by atoms with E-state index in [1.807, 2.05) is 0 Å². The molecule has 2 rings (SSSR count). The first-order valence-corrected chi connectivity index (χ1v) is 7.97. The van der Waals surface area contributed by atoms with Gasteiger partial charge < -0.3 is 9.84 Å². The molecule has 1 aromatic carbocycles. The van der Waals surface area contributed by atoms with E-state index in [4.69, 9.17) is 4.74 Å². The third-order valence-corrected chi connectivity index (χ3v) is 4.60. The van der Waals surface area contributed by atoms with Crippen LogP contribution in [-0.2, 0) is 11.2 Å². The van der Waals surface area contributed by atoms with Gasteiger partial charge in [-0.2, -0.15) is 0 Å². The Bertz CT molecular complexity index is 390. The summed E-state index contributed by atoms with van der Waals surface area (Å²) in [5.74, 6) is 0. The molecular formula is C15H23NO2S. The number of hydrogen-bond acceptors (Lipinski definition) is 4. The second-order valence-electron chi connectivity index (χ2n) is 5.28. The van der Waals surface area contributed by atoms with E-state index >= 15 is 0 Å². The van der Waals surface area contributed by atoms with Crippen LogP contribution >= 0.6 is 11.8 Å². The number of benzene rings is 1. The fraction of sp³-hybridized carbons (Fsp3) is 0.600. The second kappa shape index (κ2) is 6.75. The van der Waals surface area contributed by atoms with Gasteiger partial charge in [0.05, 0.1) is 19.8 Å². The molecule has 4 heteroatoms. The second-order valence-corrected chi connectivity index (χ2v) is 6.16. The van der Waals surface area contributed by atoms with Gasteiger partial charge in [-0.05, 0) is 37.3 Å². The van der Waals surface area contributed by atoms with Crippen LogP contribution in [0, 0.1) is 0 Å². The Morgan fingerprint density at radius 3 is 2.42 bits per heavy atom. The summed E-state index contributed by atoms with van der Waals surface area (Å²) in [5.41, 5.74) is 1.09. The predicted molar refractivity (Wildman–Crippen MR) is 79.8 cm³/mol. The maximum atomic E-state index is 9.81. The van der Waals surface area contributed by atoms with Crippen LogP contribution < -0.4 is 0 Å². The molecule has 1 aromatic rings. The average molecular weight is 281 g/mol. The third-order valence-electron chi connectivity index (χ3n) is 3.86. The molecule has 0 radical (unpaired) electrons. The van der Waals surface area contributed by atoms with Crippen molar-refractivity contribution in [2.75, 3.05) is 39.2 Å². The fourth-order valence-corrected chi connectivity index (χ4v) is 2.96. The molecule has 0 saturated carbocycles. The summed E-state index contributed by atoms with van der Waals surface area (Å²) in [7, 11) is 0. The Morgan fingerprint density at radius 1 is 1.26 bits per heavy atom. The molecule has 0 aliphatic carbocycles. The molecular weight excluding hydrogens is 258 g/mol. The summed E-state index contributed by atoms with van der Waals surface area (Å²) in [5, 5.41) is 9.81. The van der Waals surface area contributed by atoms with E-state index in [0.717, 1.165) is 32.7 Å². The number of aliphatic hydroxyl groups is 1. The van der Waals surface area contributed by atoms with Gasteiger partial charge in [0.25, 0.3) is 0 Å². The van der Waals surface area contributed by atoms with Crippen LogP contribution in [0.25, 0.3) is 0 Å². The summed E-state index contributed by atoms with van der Waals surface area (Å²) in [4.78, 5) is 3.62. The molecule has 0 aromatic heterocycles. The summed E-state index contributed by atoms with van der Waals surface area (Å²) in [6.45, 7) is 5.65. The zero-order valence-corrected chi connectivity index (χ0v) is 12.6. The van der Waals surface area contributed by atoms with E-state index in [2.05, 4.69) is 42.3 Å². The maximum Gasteiger partial charge on any atom is 0.0616 e. The molecule has 19 heavy (non-hydrogen) atoms. The molecule has 106 valence electrons. The number of morpholine rings is 1. The highest BCUT2D eigenvalue weighted by Gasteiger charge is 2.32. The average Bonchev–Trinajstić information content (AvgIpc) is 2.49. The van der Waals surface area contributed by atoms with Crippen LogP contribution in [0.3, 0.4) is 0 Å². The molecule has 1 saturated heterocycles. The Balaban J connectivity index is 2.07. The highest BCUT2D eigenvalue weighted by molar-refractivity contribution is 7.98. The topological polar surface area (TPSA) is 32.7 Å². The van der Waals surface area contributed by atoms with Gasteiger partial charge in [-0.3, -0.25) is 4.90 Å². The van der Waals surface area contributed by atoms with Crippen LogP contribution in [0.1, 0.15) is 12.5 Å². The molecule has 1 aliphatic rings. The van der Waals surface area contributed by atoms with Crippen molar-refractivity contribution in [1.29, 1.82) is 0 Å². The fourth-order valence-electron chi connectivity index (χ4n) is 2.55. The molecule has 1 N–H and O–H groups in total. The molecule has 1 fully saturated rings. The predicted octanol–water partition coefficient (Wildman–Crippen LogP) is 2.03. The molecule has 1 heterocycles. The van der Waals surface area contributed by atoms with Crippen molar-refractivity contribution < 1.29 is 9.84 Å². The summed E-state index contributed by atoms with van der Waals surface area (Å²) in [6.07, 6.45) is 2.96. The SMILES string of the molecule is CSc1ccc(CC(C)(CO)N2CCOCC2)cc1. The number of nitrogens with zero attached hydrogens (tertiary/aromatic N) is 1. The number of rotatable bonds is 5. The van der Waals surface area contributed by atoms with Crippen LogP contribution in [-0.4, -0.2) is 54.7 Å². The summed E-state index contributed by atoms with van der Waals surface area (Å²) >= 11 is 1.75. The highest BCUT2D eigenvalue weighted by Crippen LogP contribution is 2.23. The largest absolute Gasteiger partial charge is 0.394 e. The Morgan fingerprint density at radius 2 is 1.89 bits per heavy atom. The first kappa shape index (κ1) is 14.9. The zero-order valence-electron chi connectivity index (χ0n) is 11.8. The lowest BCUT2D eigenvalue weighted by molar-refractivity contribution is -0.0363. The number of thioether (sulfide) groups is 1. The smallest absolute Gasteiger partial charge is 0.0616 e. The third kappa shape index (κ3) is 3.72. The van der Waals surface area contributed by atoms with Gasteiger partial charge >= 0.3 is 0 Å². The van der Waals surface area contributed by atoms with Gasteiger partial charge in [0, 0.05) is 23.5 Å². The van der Waals surface area contributed by atoms with Gasteiger partial charge in [0.2, 0.25) is 0 Å². The minimum Gasteiger partial charge on any atom is -0.394 e. The van der Waals surface area contributed by atoms with Crippen molar-refractivity contribution in [2.45, 2.75) is 23.8 Å². The van der Waals surface area contributed by atoms with Crippen molar-refractivity contribution in [3.05, 3.63) is 29.8 Å². The molecule has 0 spiro atoms. The van der Waals surface area contributed by atoms with Crippen molar-refractivity contribution in [3.8, 4) is 0 Å². The van der Waals surface area contributed by atoms with Gasteiger partial charge in [-0.1, -0.05) is 12.1 Å². The number of hydrogen-bond donors (Lipinski definition) is 1. The summed E-state index contributed by atoms with van der Waals surface area (Å²) < 4.78 is 5.39. The zero-order chi connectivity index (χ0) is 13.7. The maximum absolute atomic E-state index is 9.81. The van der Waals surface area contributed by atoms with Crippen molar-refractivity contribution >= 4 is 11.8 Å². The Kier molecular flexibility index (Phi) is 5.28. The lowest BCUT2D eigenvalue weighted by Crippen LogP contribution is -2.55. The first-order chi connectivity index (χ1) is 9.18. The van der Waals surface area contributed by atoms with Gasteiger partial charge in [0.15, 0.2) is 0 Å². The van der Waals surface area contributed by atoms with Gasteiger partial charge in [0.1, 0.15) is 0 Å². The van der Waals surface area contributed by atoms with E-state index in [1.165, 1.54) is 10.5 Å². The van der Waals surface area contributed by atoms with Crippen LogP contribution in [0.5, 0.6) is 0 Å². The van der Waals surface area contributed by atoms with Crippen molar-refractivity contribution in [1.82, 2.24) is 4.90 Å². The van der Waals surface area contributed by atoms with E-state index in [-0.39, 0.29) is 12.1 Å². The van der Waals surface area contributed by atoms with E-state index in [0.29, 0.717) is 0 Å². The van der Waals surface area contributed by atoms with Gasteiger partial charge in [-0.15, -0.1) is 11.8 Å². The van der Waals surface area contributed by atoms with Crippen LogP contribution in [0.15, 0.2) is 29.2 Å². The molecule has 1 unspecified atom stereocenters. The van der Waals surface area contributed by atoms with E-state index in [1.54, 1.807) is 11.8 Å². The number of ether oxygens (including phenoxy) is 1. The van der Waals surface area contributed by atoms with Gasteiger partial charge in [-0.25, -0.2) is 0 Å². The summed E-state index contributed by atoms with van der Waals surface area (Å²) in [6, 6.07) is 8.63. The van der Waals surface area contributed by atoms with Crippen molar-refractivity contribution in [3.63, 3.8) is 0 Å². The molecule has 3 nitrogen and oxygen atoms in total. The quantitative estimate of drug-likeness (QED) is 0.837. The van der Waals surface area contributed by atoms with Crippen LogP contribution in [0.2, 0.25) is 0 Å². The normalized spacial score (nSPS) is 20.2. The van der Waals surface area contributed by atoms with Crippen LogP contribution in [0.4, 0.5) is 0 Å². The van der Waals surface area contributed by atoms with E-state index < -0.39 is 0 Å². The number of aliphatic hydroxyl groups excluding tert-OH is 1. The molecule has 0 amide bonds.